The molecule has 3 nitrogen and oxygen atoms in total. The van der Waals surface area contributed by atoms with Crippen molar-refractivity contribution < 1.29 is 4.58 Å². The number of halogens is 2. The maximum Gasteiger partial charge on any atom is 0.307 e. The Balaban J connectivity index is 1.88. The lowest BCUT2D eigenvalue weighted by Gasteiger charge is -2.11. The van der Waals surface area contributed by atoms with E-state index in [9.17, 15) is 0 Å². The van der Waals surface area contributed by atoms with Crippen molar-refractivity contribution in [3.63, 3.8) is 0 Å². The van der Waals surface area contributed by atoms with Crippen molar-refractivity contribution >= 4 is 51.1 Å². The molecule has 0 aliphatic carbocycles. The quantitative estimate of drug-likeness (QED) is 0.418. The molecule has 120 valence electrons. The Morgan fingerprint density at radius 2 is 2.13 bits per heavy atom. The maximum atomic E-state index is 6.36. The Hall–Kier alpha value is -0.790. The molecule has 23 heavy (non-hydrogen) atoms. The summed E-state index contributed by atoms with van der Waals surface area (Å²) < 4.78 is 3.50. The highest BCUT2D eigenvalue weighted by Gasteiger charge is 2.28. The van der Waals surface area contributed by atoms with Gasteiger partial charge < -0.3 is 0 Å². The van der Waals surface area contributed by atoms with E-state index < -0.39 is 0 Å². The third-order valence-electron chi connectivity index (χ3n) is 3.63. The first kappa shape index (κ1) is 17.0. The molecule has 1 aliphatic heterocycles. The predicted octanol–water partition coefficient (Wildman–Crippen LogP) is 3.94. The zero-order valence-corrected chi connectivity index (χ0v) is 16.3. The van der Waals surface area contributed by atoms with Gasteiger partial charge in [0.25, 0.3) is 0 Å². The van der Waals surface area contributed by atoms with Crippen molar-refractivity contribution in [3.8, 4) is 0 Å². The molecule has 0 amide bonds. The Kier molecular flexibility index (Phi) is 6.19. The number of rotatable bonds is 5. The van der Waals surface area contributed by atoms with Gasteiger partial charge in [-0.25, -0.2) is 4.58 Å². The Bertz CT molecular complexity index is 693. The molecular weight excluding hydrogens is 441 g/mol. The Morgan fingerprint density at radius 1 is 1.26 bits per heavy atom. The summed E-state index contributed by atoms with van der Waals surface area (Å²) >= 11 is 10.7. The molecule has 2 aromatic rings. The van der Waals surface area contributed by atoms with Crippen LogP contribution < -0.4 is 5.32 Å². The predicted molar refractivity (Wildman–Crippen MR) is 107 cm³/mol. The summed E-state index contributed by atoms with van der Waals surface area (Å²) in [5.74, 6) is 0. The number of pyridine rings is 1. The van der Waals surface area contributed by atoms with Gasteiger partial charge in [0.2, 0.25) is 0 Å². The van der Waals surface area contributed by atoms with E-state index in [1.54, 1.807) is 0 Å². The van der Waals surface area contributed by atoms with Crippen LogP contribution >= 0.6 is 46.0 Å². The van der Waals surface area contributed by atoms with Gasteiger partial charge in [-0.05, 0) is 23.9 Å². The van der Waals surface area contributed by atoms with E-state index in [2.05, 4.69) is 49.6 Å². The molecule has 1 unspecified atom stereocenters. The fourth-order valence-electron chi connectivity index (χ4n) is 2.46. The molecule has 1 N–H and O–H groups in total. The highest BCUT2D eigenvalue weighted by Crippen LogP contribution is 2.23. The number of thioether (sulfide) groups is 1. The summed E-state index contributed by atoms with van der Waals surface area (Å²) in [6.45, 7) is 2.63. The van der Waals surface area contributed by atoms with E-state index in [4.69, 9.17) is 11.6 Å². The molecule has 1 fully saturated rings. The number of nitrogens with one attached hydrogen (secondary N) is 1. The van der Waals surface area contributed by atoms with Crippen LogP contribution in [-0.2, 0) is 13.1 Å². The Labute approximate surface area is 159 Å². The smallest absolute Gasteiger partial charge is 0.268 e. The van der Waals surface area contributed by atoms with Crippen LogP contribution in [0.3, 0.4) is 0 Å². The number of hydrogen-bond acceptors (Lipinski definition) is 2. The first-order chi connectivity index (χ1) is 11.3. The van der Waals surface area contributed by atoms with Crippen LogP contribution in [0.25, 0.3) is 0 Å². The second kappa shape index (κ2) is 8.35. The van der Waals surface area contributed by atoms with E-state index in [1.165, 1.54) is 10.7 Å². The normalized spacial score (nSPS) is 19.5. The summed E-state index contributed by atoms with van der Waals surface area (Å²) in [6, 6.07) is 12.1. The van der Waals surface area contributed by atoms with Gasteiger partial charge in [0.15, 0.2) is 0 Å². The van der Waals surface area contributed by atoms with Gasteiger partial charge in [0.05, 0.1) is 11.8 Å². The lowest BCUT2D eigenvalue weighted by atomic mass is 10.2. The van der Waals surface area contributed by atoms with Gasteiger partial charge in [-0.2, -0.15) is 0 Å². The zero-order chi connectivity index (χ0) is 16.1. The van der Waals surface area contributed by atoms with Crippen molar-refractivity contribution in [2.75, 3.05) is 11.0 Å². The van der Waals surface area contributed by atoms with E-state index in [-0.39, 0.29) is 0 Å². The molecule has 1 aliphatic rings. The van der Waals surface area contributed by atoms with Crippen LogP contribution in [-0.4, -0.2) is 30.9 Å². The lowest BCUT2D eigenvalue weighted by molar-refractivity contribution is -0.559. The molecule has 3 rings (SSSR count). The van der Waals surface area contributed by atoms with Crippen LogP contribution in [0.1, 0.15) is 11.1 Å². The molecule has 2 heterocycles. The summed E-state index contributed by atoms with van der Waals surface area (Å²) in [5.41, 5.74) is 2.35. The van der Waals surface area contributed by atoms with Crippen LogP contribution in [0.5, 0.6) is 0 Å². The number of nitrogens with zero attached hydrogens (tertiary/aromatic N) is 2. The highest BCUT2D eigenvalue weighted by molar-refractivity contribution is 14.1. The molecule has 1 saturated heterocycles. The minimum absolute atomic E-state index is 0.633. The summed E-state index contributed by atoms with van der Waals surface area (Å²) in [5, 5.41) is 6.24. The maximum absolute atomic E-state index is 6.36. The van der Waals surface area contributed by atoms with Gasteiger partial charge in [0, 0.05) is 33.0 Å². The second-order valence-electron chi connectivity index (χ2n) is 5.39. The fourth-order valence-corrected chi connectivity index (χ4v) is 4.50. The van der Waals surface area contributed by atoms with Crippen molar-refractivity contribution in [1.82, 2.24) is 10.3 Å². The van der Waals surface area contributed by atoms with E-state index >= 15 is 0 Å². The minimum Gasteiger partial charge on any atom is -0.268 e. The summed E-state index contributed by atoms with van der Waals surface area (Å²) in [4.78, 5) is 4.23. The van der Waals surface area contributed by atoms with Crippen LogP contribution in [0.4, 0.5) is 0 Å². The summed E-state index contributed by atoms with van der Waals surface area (Å²) in [6.07, 6.45) is 3.74. The molecule has 1 aromatic heterocycles. The number of amidine groups is 1. The average Bonchev–Trinajstić information content (AvgIpc) is 3.06. The molecule has 0 spiro atoms. The van der Waals surface area contributed by atoms with Crippen LogP contribution in [0, 0.1) is 0 Å². The van der Waals surface area contributed by atoms with E-state index in [0.29, 0.717) is 5.25 Å². The SMILES string of the molecule is Clc1ccccc1C[N+](Cc1cccnc1)=C1NCC(CI)S1. The topological polar surface area (TPSA) is 27.9 Å². The van der Waals surface area contributed by atoms with Gasteiger partial charge in [-0.3, -0.25) is 10.3 Å². The van der Waals surface area contributed by atoms with Gasteiger partial charge in [-0.15, -0.1) is 0 Å². The highest BCUT2D eigenvalue weighted by atomic mass is 127. The number of hydrogen-bond donors (Lipinski definition) is 1. The molecule has 1 atom stereocenters. The van der Waals surface area contributed by atoms with Crippen LogP contribution in [0.15, 0.2) is 48.8 Å². The molecule has 6 heteroatoms. The number of benzene rings is 1. The summed E-state index contributed by atoms with van der Waals surface area (Å²) in [7, 11) is 0. The van der Waals surface area contributed by atoms with Gasteiger partial charge in [-0.1, -0.05) is 58.5 Å². The molecule has 0 radical (unpaired) electrons. The zero-order valence-electron chi connectivity index (χ0n) is 12.6. The van der Waals surface area contributed by atoms with E-state index in [1.807, 2.05) is 48.4 Å². The number of alkyl halides is 1. The molecule has 0 saturated carbocycles. The third-order valence-corrected chi connectivity index (χ3v) is 6.96. The standard InChI is InChI=1S/C17H17ClIN3S/c18-16-6-2-1-5-14(16)12-22(11-13-4-3-7-20-9-13)17-21-10-15(8-19)23-17/h1-7,9,15H,8,10-12H2/p+1. The molecule has 1 aromatic carbocycles. The van der Waals surface area contributed by atoms with Crippen molar-refractivity contribution in [2.45, 2.75) is 18.3 Å². The van der Waals surface area contributed by atoms with Crippen molar-refractivity contribution in [3.05, 3.63) is 64.9 Å². The average molecular weight is 459 g/mol. The second-order valence-corrected chi connectivity index (χ2v) is 7.97. The Morgan fingerprint density at radius 3 is 2.83 bits per heavy atom. The van der Waals surface area contributed by atoms with E-state index in [0.717, 1.165) is 34.6 Å². The third kappa shape index (κ3) is 4.61. The lowest BCUT2D eigenvalue weighted by Crippen LogP contribution is -2.27. The monoisotopic (exact) mass is 458 g/mol. The first-order valence-electron chi connectivity index (χ1n) is 7.47. The largest absolute Gasteiger partial charge is 0.307 e. The number of aromatic nitrogens is 1. The molecule has 0 bridgehead atoms. The van der Waals surface area contributed by atoms with Crippen LogP contribution in [0.2, 0.25) is 5.02 Å². The first-order valence-corrected chi connectivity index (χ1v) is 10.3. The minimum atomic E-state index is 0.633. The van der Waals surface area contributed by atoms with Crippen molar-refractivity contribution in [2.24, 2.45) is 0 Å². The van der Waals surface area contributed by atoms with Gasteiger partial charge >= 0.3 is 5.17 Å². The van der Waals surface area contributed by atoms with Gasteiger partial charge in [0.1, 0.15) is 13.1 Å². The molecular formula is C17H18ClIN3S+. The van der Waals surface area contributed by atoms with Crippen molar-refractivity contribution in [1.29, 1.82) is 0 Å². The fraction of sp³-hybridized carbons (Fsp3) is 0.294.